The molecular weight excluding hydrogens is 368 g/mol. The molecule has 152 valence electrons. The van der Waals surface area contributed by atoms with E-state index in [1.54, 1.807) is 11.8 Å². The van der Waals surface area contributed by atoms with E-state index in [2.05, 4.69) is 15.7 Å². The lowest BCUT2D eigenvalue weighted by Crippen LogP contribution is -2.29. The number of carbonyl (C=O) groups excluding carboxylic acids is 1. The standard InChI is InChI=1S/C22H26N4O3/c1-17-13-21(26(25-17)16-18-7-4-3-5-8-18)24-22(27)23-15-19-9-6-10-20(14-19)29-12-11-28-2/h3-10,13-14H,11-12,15-16H2,1-2H3,(H2,23,24,27). The van der Waals surface area contributed by atoms with Crippen molar-refractivity contribution < 1.29 is 14.3 Å². The van der Waals surface area contributed by atoms with Gasteiger partial charge in [-0.1, -0.05) is 42.5 Å². The molecule has 0 saturated carbocycles. The number of amides is 2. The van der Waals surface area contributed by atoms with Crippen molar-refractivity contribution >= 4 is 11.8 Å². The monoisotopic (exact) mass is 394 g/mol. The fourth-order valence-electron chi connectivity index (χ4n) is 2.85. The lowest BCUT2D eigenvalue weighted by atomic mass is 10.2. The number of aryl methyl sites for hydroxylation is 1. The molecule has 0 aliphatic carbocycles. The van der Waals surface area contributed by atoms with E-state index in [1.807, 2.05) is 67.6 Å². The highest BCUT2D eigenvalue weighted by molar-refractivity contribution is 5.88. The molecule has 2 amide bonds. The maximum Gasteiger partial charge on any atom is 0.320 e. The molecule has 0 aliphatic heterocycles. The minimum Gasteiger partial charge on any atom is -0.491 e. The summed E-state index contributed by atoms with van der Waals surface area (Å²) in [7, 11) is 1.63. The van der Waals surface area contributed by atoms with E-state index >= 15 is 0 Å². The van der Waals surface area contributed by atoms with Gasteiger partial charge in [0.25, 0.3) is 0 Å². The molecule has 0 fully saturated rings. The fraction of sp³-hybridized carbons (Fsp3) is 0.273. The van der Waals surface area contributed by atoms with Crippen LogP contribution in [0.15, 0.2) is 60.7 Å². The average molecular weight is 394 g/mol. The van der Waals surface area contributed by atoms with Crippen molar-refractivity contribution in [2.75, 3.05) is 25.6 Å². The molecule has 7 nitrogen and oxygen atoms in total. The Kier molecular flexibility index (Phi) is 7.24. The summed E-state index contributed by atoms with van der Waals surface area (Å²) in [6.45, 7) is 3.89. The number of hydrogen-bond acceptors (Lipinski definition) is 4. The lowest BCUT2D eigenvalue weighted by molar-refractivity contribution is 0.146. The Bertz CT molecular complexity index is 925. The second-order valence-corrected chi connectivity index (χ2v) is 6.61. The van der Waals surface area contributed by atoms with E-state index in [9.17, 15) is 4.79 Å². The average Bonchev–Trinajstić information content (AvgIpc) is 3.06. The van der Waals surface area contributed by atoms with Crippen LogP contribution in [0, 0.1) is 6.92 Å². The first-order valence-corrected chi connectivity index (χ1v) is 9.48. The van der Waals surface area contributed by atoms with Crippen LogP contribution in [-0.2, 0) is 17.8 Å². The summed E-state index contributed by atoms with van der Waals surface area (Å²) in [4.78, 5) is 12.4. The summed E-state index contributed by atoms with van der Waals surface area (Å²) in [6.07, 6.45) is 0. The van der Waals surface area contributed by atoms with E-state index in [0.717, 1.165) is 22.6 Å². The van der Waals surface area contributed by atoms with Gasteiger partial charge in [-0.2, -0.15) is 5.10 Å². The van der Waals surface area contributed by atoms with Gasteiger partial charge in [0.15, 0.2) is 0 Å². The smallest absolute Gasteiger partial charge is 0.320 e. The van der Waals surface area contributed by atoms with Crippen molar-refractivity contribution in [3.63, 3.8) is 0 Å². The number of ether oxygens (including phenoxy) is 2. The third-order valence-electron chi connectivity index (χ3n) is 4.23. The quantitative estimate of drug-likeness (QED) is 0.544. The largest absolute Gasteiger partial charge is 0.491 e. The van der Waals surface area contributed by atoms with Gasteiger partial charge in [-0.05, 0) is 30.2 Å². The van der Waals surface area contributed by atoms with Gasteiger partial charge in [0.2, 0.25) is 0 Å². The van der Waals surface area contributed by atoms with Crippen molar-refractivity contribution in [3.8, 4) is 5.75 Å². The van der Waals surface area contributed by atoms with Crippen molar-refractivity contribution in [1.29, 1.82) is 0 Å². The first kappa shape index (κ1) is 20.4. The van der Waals surface area contributed by atoms with Crippen LogP contribution < -0.4 is 15.4 Å². The number of nitrogens with one attached hydrogen (secondary N) is 2. The summed E-state index contributed by atoms with van der Waals surface area (Å²) in [5.74, 6) is 1.40. The fourth-order valence-corrected chi connectivity index (χ4v) is 2.85. The summed E-state index contributed by atoms with van der Waals surface area (Å²) >= 11 is 0. The second-order valence-electron chi connectivity index (χ2n) is 6.61. The van der Waals surface area contributed by atoms with E-state index in [0.29, 0.717) is 32.1 Å². The van der Waals surface area contributed by atoms with E-state index in [4.69, 9.17) is 9.47 Å². The molecule has 29 heavy (non-hydrogen) atoms. The van der Waals surface area contributed by atoms with Gasteiger partial charge in [0, 0.05) is 19.7 Å². The molecule has 0 atom stereocenters. The van der Waals surface area contributed by atoms with Gasteiger partial charge in [-0.25, -0.2) is 9.48 Å². The molecule has 3 rings (SSSR count). The van der Waals surface area contributed by atoms with Crippen molar-refractivity contribution in [2.45, 2.75) is 20.0 Å². The van der Waals surface area contributed by atoms with Gasteiger partial charge in [0.05, 0.1) is 18.8 Å². The number of nitrogens with zero attached hydrogens (tertiary/aromatic N) is 2. The molecule has 2 aromatic carbocycles. The topological polar surface area (TPSA) is 77.4 Å². The summed E-state index contributed by atoms with van der Waals surface area (Å²) in [6, 6.07) is 19.2. The van der Waals surface area contributed by atoms with Crippen LogP contribution in [0.3, 0.4) is 0 Å². The molecule has 0 saturated heterocycles. The van der Waals surface area contributed by atoms with E-state index in [-0.39, 0.29) is 6.03 Å². The number of urea groups is 1. The van der Waals surface area contributed by atoms with Crippen LogP contribution in [0.4, 0.5) is 10.6 Å². The van der Waals surface area contributed by atoms with Crippen LogP contribution in [0.1, 0.15) is 16.8 Å². The summed E-state index contributed by atoms with van der Waals surface area (Å²) < 4.78 is 12.4. The number of aromatic nitrogens is 2. The number of hydrogen-bond donors (Lipinski definition) is 2. The maximum atomic E-state index is 12.4. The van der Waals surface area contributed by atoms with Crippen LogP contribution in [-0.4, -0.2) is 36.1 Å². The number of anilines is 1. The lowest BCUT2D eigenvalue weighted by Gasteiger charge is -2.11. The summed E-state index contributed by atoms with van der Waals surface area (Å²) in [5, 5.41) is 10.2. The molecule has 0 bridgehead atoms. The zero-order valence-corrected chi connectivity index (χ0v) is 16.7. The van der Waals surface area contributed by atoms with Gasteiger partial charge in [0.1, 0.15) is 18.2 Å². The van der Waals surface area contributed by atoms with Crippen molar-refractivity contribution in [3.05, 3.63) is 77.5 Å². The van der Waals surface area contributed by atoms with Crippen LogP contribution in [0.5, 0.6) is 5.75 Å². The van der Waals surface area contributed by atoms with Crippen molar-refractivity contribution in [1.82, 2.24) is 15.1 Å². The molecule has 0 spiro atoms. The number of methoxy groups -OCH3 is 1. The molecule has 1 heterocycles. The highest BCUT2D eigenvalue weighted by Crippen LogP contribution is 2.15. The molecule has 0 radical (unpaired) electrons. The molecule has 2 N–H and O–H groups in total. The van der Waals surface area contributed by atoms with Crippen LogP contribution in [0.2, 0.25) is 0 Å². The van der Waals surface area contributed by atoms with E-state index < -0.39 is 0 Å². The molecule has 3 aromatic rings. The zero-order chi connectivity index (χ0) is 20.5. The van der Waals surface area contributed by atoms with Gasteiger partial charge < -0.3 is 14.8 Å². The first-order valence-electron chi connectivity index (χ1n) is 9.48. The molecule has 7 heteroatoms. The Morgan fingerprint density at radius 2 is 1.83 bits per heavy atom. The van der Waals surface area contributed by atoms with Gasteiger partial charge in [-0.3, -0.25) is 5.32 Å². The highest BCUT2D eigenvalue weighted by atomic mass is 16.5. The first-order chi connectivity index (χ1) is 14.1. The molecular formula is C22H26N4O3. The molecule has 0 unspecified atom stereocenters. The Labute approximate surface area is 170 Å². The SMILES string of the molecule is COCCOc1cccc(CNC(=O)Nc2cc(C)nn2Cc2ccccc2)c1. The third-order valence-corrected chi connectivity index (χ3v) is 4.23. The Morgan fingerprint density at radius 3 is 2.62 bits per heavy atom. The summed E-state index contributed by atoms with van der Waals surface area (Å²) in [5.41, 5.74) is 2.91. The third kappa shape index (κ3) is 6.36. The second kappa shape index (κ2) is 10.3. The van der Waals surface area contributed by atoms with E-state index in [1.165, 1.54) is 0 Å². The van der Waals surface area contributed by atoms with Crippen LogP contribution in [0.25, 0.3) is 0 Å². The molecule has 0 aliphatic rings. The molecule has 1 aromatic heterocycles. The van der Waals surface area contributed by atoms with Gasteiger partial charge >= 0.3 is 6.03 Å². The maximum absolute atomic E-state index is 12.4. The predicted octanol–water partition coefficient (Wildman–Crippen LogP) is 3.59. The Morgan fingerprint density at radius 1 is 1.03 bits per heavy atom. The zero-order valence-electron chi connectivity index (χ0n) is 16.7. The Balaban J connectivity index is 1.55. The number of rotatable bonds is 9. The predicted molar refractivity (Wildman–Crippen MR) is 112 cm³/mol. The highest BCUT2D eigenvalue weighted by Gasteiger charge is 2.10. The number of benzene rings is 2. The van der Waals surface area contributed by atoms with Crippen molar-refractivity contribution in [2.24, 2.45) is 0 Å². The van der Waals surface area contributed by atoms with Crippen LogP contribution >= 0.6 is 0 Å². The minimum atomic E-state index is -0.287. The normalized spacial score (nSPS) is 10.6. The Hall–Kier alpha value is -3.32. The van der Waals surface area contributed by atoms with Gasteiger partial charge in [-0.15, -0.1) is 0 Å². The number of carbonyl (C=O) groups is 1. The minimum absolute atomic E-state index is 0.287.